The molecule has 0 unspecified atom stereocenters. The lowest BCUT2D eigenvalue weighted by atomic mass is 10.2. The van der Waals surface area contributed by atoms with E-state index < -0.39 is 0 Å². The number of ether oxygens (including phenoxy) is 1. The average Bonchev–Trinajstić information content (AvgIpc) is 2.64. The molecule has 5 heteroatoms. The van der Waals surface area contributed by atoms with Crippen LogP contribution >= 0.6 is 0 Å². The van der Waals surface area contributed by atoms with Gasteiger partial charge in [-0.25, -0.2) is 4.98 Å². The van der Waals surface area contributed by atoms with Crippen LogP contribution in [0, 0.1) is 6.92 Å². The van der Waals surface area contributed by atoms with Crippen molar-refractivity contribution in [2.75, 3.05) is 17.7 Å². The molecule has 2 aromatic carbocycles. The predicted molar refractivity (Wildman–Crippen MR) is 99.6 cm³/mol. The molecule has 0 bridgehead atoms. The molecule has 0 aliphatic rings. The third-order valence-electron chi connectivity index (χ3n) is 3.78. The van der Waals surface area contributed by atoms with Gasteiger partial charge in [-0.15, -0.1) is 0 Å². The number of hydrogen-bond donors (Lipinski definition) is 2. The second-order valence-corrected chi connectivity index (χ2v) is 5.53. The molecule has 1 aromatic heterocycles. The fourth-order valence-corrected chi connectivity index (χ4v) is 2.43. The Hall–Kier alpha value is -3.34. The number of amides is 1. The highest BCUT2D eigenvalue weighted by atomic mass is 16.5. The largest absolute Gasteiger partial charge is 0.497 e. The molecule has 3 rings (SSSR count). The molecule has 0 spiro atoms. The van der Waals surface area contributed by atoms with Crippen molar-refractivity contribution in [3.8, 4) is 5.75 Å². The average molecular weight is 333 g/mol. The van der Waals surface area contributed by atoms with E-state index in [0.717, 1.165) is 11.3 Å². The quantitative estimate of drug-likeness (QED) is 0.727. The summed E-state index contributed by atoms with van der Waals surface area (Å²) in [5, 5.41) is 6.11. The summed E-state index contributed by atoms with van der Waals surface area (Å²) in [5.74, 6) is 0.955. The molecule has 0 aliphatic heterocycles. The molecule has 126 valence electrons. The summed E-state index contributed by atoms with van der Waals surface area (Å²) in [6, 6.07) is 18.6. The van der Waals surface area contributed by atoms with Crippen molar-refractivity contribution in [2.45, 2.75) is 6.92 Å². The topological polar surface area (TPSA) is 63.2 Å². The molecule has 0 fully saturated rings. The zero-order chi connectivity index (χ0) is 17.6. The Labute approximate surface area is 146 Å². The number of anilines is 3. The van der Waals surface area contributed by atoms with Gasteiger partial charge in [-0.2, -0.15) is 0 Å². The van der Waals surface area contributed by atoms with Crippen molar-refractivity contribution in [1.29, 1.82) is 0 Å². The molecule has 5 nitrogen and oxygen atoms in total. The molecule has 1 heterocycles. The number of carbonyl (C=O) groups excluding carboxylic acids is 1. The van der Waals surface area contributed by atoms with Gasteiger partial charge in [0.1, 0.15) is 11.6 Å². The number of nitrogens with one attached hydrogen (secondary N) is 2. The number of methoxy groups -OCH3 is 1. The van der Waals surface area contributed by atoms with E-state index in [-0.39, 0.29) is 5.91 Å². The van der Waals surface area contributed by atoms with Gasteiger partial charge in [-0.3, -0.25) is 4.79 Å². The van der Waals surface area contributed by atoms with Crippen molar-refractivity contribution in [3.05, 3.63) is 78.0 Å². The maximum absolute atomic E-state index is 12.7. The highest BCUT2D eigenvalue weighted by Crippen LogP contribution is 2.23. The highest BCUT2D eigenvalue weighted by Gasteiger charge is 2.13. The maximum atomic E-state index is 12.7. The zero-order valence-electron chi connectivity index (χ0n) is 14.1. The van der Waals surface area contributed by atoms with Crippen LogP contribution < -0.4 is 15.4 Å². The molecule has 0 aliphatic carbocycles. The summed E-state index contributed by atoms with van der Waals surface area (Å²) < 4.78 is 5.18. The lowest BCUT2D eigenvalue weighted by Gasteiger charge is -2.13. The molecule has 0 saturated carbocycles. The first kappa shape index (κ1) is 16.5. The Kier molecular flexibility index (Phi) is 4.95. The first-order chi connectivity index (χ1) is 12.2. The van der Waals surface area contributed by atoms with Gasteiger partial charge in [0.15, 0.2) is 0 Å². The van der Waals surface area contributed by atoms with Gasteiger partial charge in [-0.1, -0.05) is 24.3 Å². The first-order valence-electron chi connectivity index (χ1n) is 7.90. The summed E-state index contributed by atoms with van der Waals surface area (Å²) in [4.78, 5) is 17.0. The number of hydrogen-bond acceptors (Lipinski definition) is 4. The number of nitrogens with zero attached hydrogens (tertiary/aromatic N) is 1. The Bertz CT molecular complexity index is 893. The van der Waals surface area contributed by atoms with Crippen LogP contribution in [0.15, 0.2) is 66.9 Å². The number of pyridine rings is 1. The molecule has 0 saturated heterocycles. The van der Waals surface area contributed by atoms with Crippen LogP contribution in [-0.4, -0.2) is 18.0 Å². The van der Waals surface area contributed by atoms with Crippen molar-refractivity contribution in [3.63, 3.8) is 0 Å². The summed E-state index contributed by atoms with van der Waals surface area (Å²) in [6.07, 6.45) is 1.66. The van der Waals surface area contributed by atoms with Gasteiger partial charge in [0.25, 0.3) is 5.91 Å². The monoisotopic (exact) mass is 333 g/mol. The Morgan fingerprint density at radius 1 is 1.04 bits per heavy atom. The van der Waals surface area contributed by atoms with Crippen LogP contribution in [0.2, 0.25) is 0 Å². The fourth-order valence-electron chi connectivity index (χ4n) is 2.43. The van der Waals surface area contributed by atoms with Crippen molar-refractivity contribution >= 4 is 23.1 Å². The minimum Gasteiger partial charge on any atom is -0.497 e. The third kappa shape index (κ3) is 3.95. The standard InChI is InChI=1S/C20H19N3O2/c1-14-7-3-4-11-18(14)23-19-17(10-6-12-21-19)20(24)22-15-8-5-9-16(13-15)25-2/h3-13H,1-2H3,(H,21,23)(H,22,24). The SMILES string of the molecule is COc1cccc(NC(=O)c2cccnc2Nc2ccccc2C)c1. The van der Waals surface area contributed by atoms with E-state index in [9.17, 15) is 4.79 Å². The van der Waals surface area contributed by atoms with Gasteiger partial charge < -0.3 is 15.4 Å². The van der Waals surface area contributed by atoms with Crippen LogP contribution in [0.25, 0.3) is 0 Å². The van der Waals surface area contributed by atoms with E-state index in [2.05, 4.69) is 15.6 Å². The fraction of sp³-hybridized carbons (Fsp3) is 0.100. The predicted octanol–water partition coefficient (Wildman–Crippen LogP) is 4.39. The summed E-state index contributed by atoms with van der Waals surface area (Å²) >= 11 is 0. The number of para-hydroxylation sites is 1. The van der Waals surface area contributed by atoms with Crippen molar-refractivity contribution < 1.29 is 9.53 Å². The molecule has 0 atom stereocenters. The van der Waals surface area contributed by atoms with E-state index in [4.69, 9.17) is 4.74 Å². The Morgan fingerprint density at radius 2 is 1.88 bits per heavy atom. The molecular formula is C20H19N3O2. The van der Waals surface area contributed by atoms with Gasteiger partial charge in [0.2, 0.25) is 0 Å². The van der Waals surface area contributed by atoms with Crippen LogP contribution in [0.1, 0.15) is 15.9 Å². The minimum absolute atomic E-state index is 0.238. The third-order valence-corrected chi connectivity index (χ3v) is 3.78. The summed E-state index contributed by atoms with van der Waals surface area (Å²) in [6.45, 7) is 2.00. The van der Waals surface area contributed by atoms with Gasteiger partial charge in [0.05, 0.1) is 12.7 Å². The Balaban J connectivity index is 1.84. The summed E-state index contributed by atoms with van der Waals surface area (Å²) in [5.41, 5.74) is 3.12. The van der Waals surface area contributed by atoms with E-state index in [1.807, 2.05) is 49.4 Å². The molecule has 3 aromatic rings. The lowest BCUT2D eigenvalue weighted by molar-refractivity contribution is 0.102. The maximum Gasteiger partial charge on any atom is 0.259 e. The number of aryl methyl sites for hydroxylation is 1. The smallest absolute Gasteiger partial charge is 0.259 e. The van der Waals surface area contributed by atoms with E-state index in [0.29, 0.717) is 22.8 Å². The van der Waals surface area contributed by atoms with Crippen LogP contribution in [0.4, 0.5) is 17.2 Å². The normalized spacial score (nSPS) is 10.2. The second kappa shape index (κ2) is 7.49. The number of benzene rings is 2. The molecule has 0 radical (unpaired) electrons. The zero-order valence-corrected chi connectivity index (χ0v) is 14.1. The molecule has 25 heavy (non-hydrogen) atoms. The highest BCUT2D eigenvalue weighted by molar-refractivity contribution is 6.07. The lowest BCUT2D eigenvalue weighted by Crippen LogP contribution is -2.14. The van der Waals surface area contributed by atoms with E-state index in [1.54, 1.807) is 31.5 Å². The van der Waals surface area contributed by atoms with Crippen molar-refractivity contribution in [2.24, 2.45) is 0 Å². The number of rotatable bonds is 5. The van der Waals surface area contributed by atoms with Gasteiger partial charge in [-0.05, 0) is 42.8 Å². The van der Waals surface area contributed by atoms with E-state index in [1.165, 1.54) is 0 Å². The van der Waals surface area contributed by atoms with Crippen molar-refractivity contribution in [1.82, 2.24) is 4.98 Å². The van der Waals surface area contributed by atoms with Crippen LogP contribution in [0.3, 0.4) is 0 Å². The van der Waals surface area contributed by atoms with Crippen LogP contribution in [-0.2, 0) is 0 Å². The molecule has 1 amide bonds. The molecule has 2 N–H and O–H groups in total. The van der Waals surface area contributed by atoms with Gasteiger partial charge in [0, 0.05) is 23.6 Å². The number of aromatic nitrogens is 1. The second-order valence-electron chi connectivity index (χ2n) is 5.53. The summed E-state index contributed by atoms with van der Waals surface area (Å²) in [7, 11) is 1.59. The van der Waals surface area contributed by atoms with Crippen LogP contribution in [0.5, 0.6) is 5.75 Å². The molecular weight excluding hydrogens is 314 g/mol. The first-order valence-corrected chi connectivity index (χ1v) is 7.90. The van der Waals surface area contributed by atoms with E-state index >= 15 is 0 Å². The number of carbonyl (C=O) groups is 1. The minimum atomic E-state index is -0.238. The van der Waals surface area contributed by atoms with Gasteiger partial charge >= 0.3 is 0 Å². The Morgan fingerprint density at radius 3 is 2.68 bits per heavy atom.